The van der Waals surface area contributed by atoms with E-state index in [0.717, 1.165) is 16.8 Å². The molecule has 1 aliphatic heterocycles. The first-order valence-electron chi connectivity index (χ1n) is 7.69. The molecule has 0 spiro atoms. The van der Waals surface area contributed by atoms with E-state index in [2.05, 4.69) is 45.4 Å². The van der Waals surface area contributed by atoms with Crippen molar-refractivity contribution in [3.05, 3.63) is 58.8 Å². The van der Waals surface area contributed by atoms with Gasteiger partial charge in [0.2, 0.25) is 0 Å². The van der Waals surface area contributed by atoms with Gasteiger partial charge in [-0.15, -0.1) is 5.53 Å². The third-order valence-corrected chi connectivity index (χ3v) is 3.88. The summed E-state index contributed by atoms with van der Waals surface area (Å²) in [6.07, 6.45) is 3.99. The van der Waals surface area contributed by atoms with Gasteiger partial charge in [0.05, 0.1) is 12.2 Å². The molecule has 0 saturated heterocycles. The number of hydrazine groups is 2. The number of nitrogens with one attached hydrogen (secondary N) is 3. The zero-order valence-corrected chi connectivity index (χ0v) is 13.5. The molecular formula is C17H21N7. The normalized spacial score (nSPS) is 13.6. The van der Waals surface area contributed by atoms with E-state index in [1.54, 1.807) is 6.20 Å². The molecule has 0 saturated carbocycles. The number of nitrogens with zero attached hydrogens (tertiary/aromatic N) is 2. The van der Waals surface area contributed by atoms with Gasteiger partial charge in [-0.1, -0.05) is 24.3 Å². The van der Waals surface area contributed by atoms with Crippen LogP contribution in [0, 0.1) is 6.92 Å². The smallest absolute Gasteiger partial charge is 0.169 e. The molecule has 24 heavy (non-hydrogen) atoms. The van der Waals surface area contributed by atoms with Crippen LogP contribution in [0.5, 0.6) is 0 Å². The van der Waals surface area contributed by atoms with E-state index >= 15 is 0 Å². The number of aliphatic imine (C=N–C) groups is 1. The van der Waals surface area contributed by atoms with Gasteiger partial charge in [0.25, 0.3) is 0 Å². The fraction of sp³-hybridized carbons (Fsp3) is 0.176. The third-order valence-electron chi connectivity index (χ3n) is 3.88. The topological polar surface area (TPSA) is 113 Å². The number of nitrogen functional groups attached to an aromatic ring is 1. The molecule has 3 rings (SSSR count). The molecule has 124 valence electrons. The first kappa shape index (κ1) is 15.8. The lowest BCUT2D eigenvalue weighted by atomic mass is 10.1. The second-order valence-corrected chi connectivity index (χ2v) is 5.62. The molecule has 2 heterocycles. The molecule has 1 aromatic carbocycles. The van der Waals surface area contributed by atoms with Crippen LogP contribution in [-0.4, -0.2) is 11.2 Å². The van der Waals surface area contributed by atoms with Crippen LogP contribution in [0.15, 0.2) is 47.1 Å². The zero-order valence-electron chi connectivity index (χ0n) is 13.5. The van der Waals surface area contributed by atoms with Gasteiger partial charge >= 0.3 is 0 Å². The largest absolute Gasteiger partial charge is 0.404 e. The van der Waals surface area contributed by atoms with E-state index in [9.17, 15) is 0 Å². The molecule has 1 aliphatic rings. The van der Waals surface area contributed by atoms with Crippen LogP contribution in [0.1, 0.15) is 16.7 Å². The zero-order chi connectivity index (χ0) is 16.9. The Kier molecular flexibility index (Phi) is 4.62. The molecule has 7 N–H and O–H groups in total. The Morgan fingerprint density at radius 2 is 2.08 bits per heavy atom. The molecule has 7 heteroatoms. The molecule has 0 unspecified atom stereocenters. The second-order valence-electron chi connectivity index (χ2n) is 5.62. The molecule has 7 nitrogen and oxygen atoms in total. The summed E-state index contributed by atoms with van der Waals surface area (Å²) in [7, 11) is 0. The summed E-state index contributed by atoms with van der Waals surface area (Å²) >= 11 is 0. The number of anilines is 3. The summed E-state index contributed by atoms with van der Waals surface area (Å²) in [6, 6.07) is 10.0. The highest BCUT2D eigenvalue weighted by molar-refractivity contribution is 5.81. The third kappa shape index (κ3) is 3.47. The molecule has 0 fully saturated rings. The Hall–Kier alpha value is -3.06. The minimum atomic E-state index is 0.454. The molecular weight excluding hydrogens is 302 g/mol. The number of rotatable bonds is 5. The van der Waals surface area contributed by atoms with Crippen LogP contribution in [-0.2, 0) is 13.0 Å². The van der Waals surface area contributed by atoms with Gasteiger partial charge in [-0.25, -0.2) is 4.98 Å². The second kappa shape index (κ2) is 7.01. The van der Waals surface area contributed by atoms with Crippen LogP contribution in [0.3, 0.4) is 0 Å². The van der Waals surface area contributed by atoms with Crippen LogP contribution in [0.2, 0.25) is 0 Å². The Balaban J connectivity index is 1.72. The van der Waals surface area contributed by atoms with Gasteiger partial charge in [0, 0.05) is 12.6 Å². The van der Waals surface area contributed by atoms with Crippen LogP contribution < -0.4 is 27.9 Å². The van der Waals surface area contributed by atoms with Gasteiger partial charge in [0.15, 0.2) is 5.82 Å². The van der Waals surface area contributed by atoms with Crippen molar-refractivity contribution in [2.24, 2.45) is 10.7 Å². The summed E-state index contributed by atoms with van der Waals surface area (Å²) in [5.74, 6) is 1.13. The van der Waals surface area contributed by atoms with Crippen molar-refractivity contribution < 1.29 is 0 Å². The molecule has 2 aromatic rings. The van der Waals surface area contributed by atoms with E-state index in [1.165, 1.54) is 11.1 Å². The lowest BCUT2D eigenvalue weighted by Crippen LogP contribution is -2.19. The van der Waals surface area contributed by atoms with Gasteiger partial charge in [0.1, 0.15) is 5.82 Å². The minimum Gasteiger partial charge on any atom is -0.404 e. The molecule has 0 bridgehead atoms. The maximum absolute atomic E-state index is 5.85. The summed E-state index contributed by atoms with van der Waals surface area (Å²) in [5.41, 5.74) is 25.6. The van der Waals surface area contributed by atoms with E-state index in [4.69, 9.17) is 11.5 Å². The number of aryl methyl sites for hydroxylation is 1. The summed E-state index contributed by atoms with van der Waals surface area (Å²) in [5, 5.41) is 0. The molecule has 0 aliphatic carbocycles. The number of pyridine rings is 1. The summed E-state index contributed by atoms with van der Waals surface area (Å²) in [4.78, 5) is 8.73. The Morgan fingerprint density at radius 3 is 2.88 bits per heavy atom. The average Bonchev–Trinajstić information content (AvgIpc) is 3.04. The number of hydrogen-bond acceptors (Lipinski definition) is 7. The van der Waals surface area contributed by atoms with Crippen molar-refractivity contribution in [2.45, 2.75) is 19.9 Å². The maximum Gasteiger partial charge on any atom is 0.169 e. The minimum absolute atomic E-state index is 0.454. The van der Waals surface area contributed by atoms with E-state index in [-0.39, 0.29) is 0 Å². The van der Waals surface area contributed by atoms with Gasteiger partial charge in [-0.3, -0.25) is 10.4 Å². The van der Waals surface area contributed by atoms with Gasteiger partial charge in [-0.2, -0.15) is 0 Å². The Morgan fingerprint density at radius 1 is 1.25 bits per heavy atom. The summed E-state index contributed by atoms with van der Waals surface area (Å²) in [6.45, 7) is 2.71. The Bertz CT molecular complexity index is 796. The van der Waals surface area contributed by atoms with E-state index < -0.39 is 0 Å². The van der Waals surface area contributed by atoms with Crippen molar-refractivity contribution >= 4 is 23.5 Å². The lowest BCUT2D eigenvalue weighted by molar-refractivity contribution is 0.997. The average molecular weight is 323 g/mol. The highest BCUT2D eigenvalue weighted by Gasteiger charge is 2.16. The highest BCUT2D eigenvalue weighted by atomic mass is 15.6. The number of fused-ring (bicyclic) bond motifs is 1. The first-order chi connectivity index (χ1) is 11.7. The van der Waals surface area contributed by atoms with Gasteiger partial charge in [-0.05, 0) is 41.5 Å². The van der Waals surface area contributed by atoms with Crippen molar-refractivity contribution in [1.82, 2.24) is 10.5 Å². The quantitative estimate of drug-likeness (QED) is 0.537. The van der Waals surface area contributed by atoms with Crippen LogP contribution in [0.4, 0.5) is 17.3 Å². The monoisotopic (exact) mass is 323 g/mol. The molecule has 1 aromatic heterocycles. The predicted octanol–water partition coefficient (Wildman–Crippen LogP) is 1.89. The standard InChI is InChI=1S/C17H21N7/c1-11-4-2-3-5-13(11)10-20-9-12(8-18)6-14-7-15(19)21-17-16(14)22-24-23-17/h2-5,7-9,22,24H,6,10,18H2,1H3,(H3,19,21,23). The lowest BCUT2D eigenvalue weighted by Gasteiger charge is -2.08. The number of nitrogens with two attached hydrogens (primary N) is 2. The van der Waals surface area contributed by atoms with Crippen molar-refractivity contribution in [2.75, 3.05) is 16.6 Å². The fourth-order valence-corrected chi connectivity index (χ4v) is 2.56. The van der Waals surface area contributed by atoms with E-state index in [0.29, 0.717) is 24.6 Å². The van der Waals surface area contributed by atoms with Crippen LogP contribution in [0.25, 0.3) is 0 Å². The highest BCUT2D eigenvalue weighted by Crippen LogP contribution is 2.29. The summed E-state index contributed by atoms with van der Waals surface area (Å²) < 4.78 is 0. The van der Waals surface area contributed by atoms with Crippen molar-refractivity contribution in [3.63, 3.8) is 0 Å². The number of aromatic nitrogens is 1. The van der Waals surface area contributed by atoms with Crippen molar-refractivity contribution in [1.29, 1.82) is 0 Å². The SMILES string of the molecule is Cc1ccccc1CN=CC(=CN)Cc1cc(N)nc2c1NNN2. The molecule has 0 atom stereocenters. The number of hydrogen-bond donors (Lipinski definition) is 5. The number of allylic oxidation sites excluding steroid dienone is 1. The van der Waals surface area contributed by atoms with Crippen LogP contribution >= 0.6 is 0 Å². The Labute approximate surface area is 140 Å². The molecule has 0 amide bonds. The number of benzene rings is 1. The van der Waals surface area contributed by atoms with Gasteiger partial charge < -0.3 is 16.9 Å². The fourth-order valence-electron chi connectivity index (χ4n) is 2.56. The van der Waals surface area contributed by atoms with E-state index in [1.807, 2.05) is 24.4 Å². The maximum atomic E-state index is 5.85. The molecule has 0 radical (unpaired) electrons. The van der Waals surface area contributed by atoms with Crippen molar-refractivity contribution in [3.8, 4) is 0 Å². The predicted molar refractivity (Wildman–Crippen MR) is 98.4 cm³/mol. The first-order valence-corrected chi connectivity index (χ1v) is 7.69.